The molecule has 2 rings (SSSR count). The van der Waals surface area contributed by atoms with Gasteiger partial charge in [-0.05, 0) is 38.8 Å². The summed E-state index contributed by atoms with van der Waals surface area (Å²) in [6.07, 6.45) is 0. The number of nitrogens with one attached hydrogen (secondary N) is 1. The Kier molecular flexibility index (Phi) is 2.86. The summed E-state index contributed by atoms with van der Waals surface area (Å²) < 4.78 is 5.44. The number of hydrogen-bond acceptors (Lipinski definition) is 3. The molecular weight excluding hydrogens is 214 g/mol. The number of aryl methyl sites for hydroxylation is 1. The molecule has 0 spiro atoms. The molecule has 0 saturated carbocycles. The minimum Gasteiger partial charge on any atom is -0.459 e. The van der Waals surface area contributed by atoms with E-state index in [-0.39, 0.29) is 11.9 Å². The molecule has 1 N–H and O–H groups in total. The van der Waals surface area contributed by atoms with E-state index in [1.54, 1.807) is 0 Å². The molecule has 92 valence electrons. The SMILES string of the molecule is Cc1cccc2c1NCC2C(=O)OC(C)(C)C. The van der Waals surface area contributed by atoms with Crippen molar-refractivity contribution >= 4 is 11.7 Å². The maximum atomic E-state index is 12.1. The van der Waals surface area contributed by atoms with Crippen molar-refractivity contribution in [2.24, 2.45) is 0 Å². The lowest BCUT2D eigenvalue weighted by Crippen LogP contribution is -2.28. The average Bonchev–Trinajstić information content (AvgIpc) is 2.60. The first kappa shape index (κ1) is 12.0. The molecule has 0 aromatic heterocycles. The number of carbonyl (C=O) groups is 1. The van der Waals surface area contributed by atoms with Crippen LogP contribution in [0.3, 0.4) is 0 Å². The maximum Gasteiger partial charge on any atom is 0.315 e. The topological polar surface area (TPSA) is 38.3 Å². The van der Waals surface area contributed by atoms with Gasteiger partial charge in [0.25, 0.3) is 0 Å². The zero-order chi connectivity index (χ0) is 12.6. The van der Waals surface area contributed by atoms with Crippen molar-refractivity contribution < 1.29 is 9.53 Å². The lowest BCUT2D eigenvalue weighted by atomic mass is 9.99. The van der Waals surface area contributed by atoms with Gasteiger partial charge < -0.3 is 10.1 Å². The van der Waals surface area contributed by atoms with Crippen molar-refractivity contribution in [3.05, 3.63) is 29.3 Å². The fourth-order valence-corrected chi connectivity index (χ4v) is 2.12. The lowest BCUT2D eigenvalue weighted by Gasteiger charge is -2.22. The molecule has 1 unspecified atom stereocenters. The second kappa shape index (κ2) is 4.06. The first-order chi connectivity index (χ1) is 7.88. The first-order valence-electron chi connectivity index (χ1n) is 5.95. The summed E-state index contributed by atoms with van der Waals surface area (Å²) in [6, 6.07) is 6.03. The van der Waals surface area contributed by atoms with E-state index in [0.29, 0.717) is 6.54 Å². The number of benzene rings is 1. The van der Waals surface area contributed by atoms with Crippen molar-refractivity contribution in [2.45, 2.75) is 39.2 Å². The van der Waals surface area contributed by atoms with Crippen LogP contribution < -0.4 is 5.32 Å². The van der Waals surface area contributed by atoms with Crippen LogP contribution >= 0.6 is 0 Å². The second-order valence-corrected chi connectivity index (χ2v) is 5.51. The molecular formula is C14H19NO2. The Balaban J connectivity index is 2.23. The molecule has 0 aliphatic carbocycles. The van der Waals surface area contributed by atoms with E-state index in [1.807, 2.05) is 45.9 Å². The Hall–Kier alpha value is -1.51. The second-order valence-electron chi connectivity index (χ2n) is 5.51. The Morgan fingerprint density at radius 3 is 2.76 bits per heavy atom. The predicted molar refractivity (Wildman–Crippen MR) is 68.3 cm³/mol. The van der Waals surface area contributed by atoms with E-state index in [9.17, 15) is 4.79 Å². The van der Waals surface area contributed by atoms with Gasteiger partial charge in [0, 0.05) is 12.2 Å². The standard InChI is InChI=1S/C14H19NO2/c1-9-6-5-7-10-11(8-15-12(9)10)13(16)17-14(2,3)4/h5-7,11,15H,8H2,1-4H3. The number of esters is 1. The molecule has 17 heavy (non-hydrogen) atoms. The molecule has 0 fully saturated rings. The van der Waals surface area contributed by atoms with Crippen LogP contribution in [0.5, 0.6) is 0 Å². The van der Waals surface area contributed by atoms with Crippen LogP contribution in [0, 0.1) is 6.92 Å². The molecule has 0 bridgehead atoms. The van der Waals surface area contributed by atoms with Gasteiger partial charge in [-0.15, -0.1) is 0 Å². The van der Waals surface area contributed by atoms with Gasteiger partial charge in [-0.3, -0.25) is 4.79 Å². The van der Waals surface area contributed by atoms with Crippen molar-refractivity contribution in [3.8, 4) is 0 Å². The summed E-state index contributed by atoms with van der Waals surface area (Å²) in [6.45, 7) is 8.36. The first-order valence-corrected chi connectivity index (χ1v) is 5.95. The van der Waals surface area contributed by atoms with Crippen LogP contribution in [-0.2, 0) is 9.53 Å². The lowest BCUT2D eigenvalue weighted by molar-refractivity contribution is -0.156. The molecule has 1 aliphatic heterocycles. The highest BCUT2D eigenvalue weighted by Crippen LogP contribution is 2.35. The molecule has 3 nitrogen and oxygen atoms in total. The molecule has 0 saturated heterocycles. The predicted octanol–water partition coefficient (Wildman–Crippen LogP) is 2.85. The molecule has 1 aromatic rings. The summed E-state index contributed by atoms with van der Waals surface area (Å²) in [5.41, 5.74) is 2.89. The van der Waals surface area contributed by atoms with Gasteiger partial charge in [0.05, 0.1) is 0 Å². The van der Waals surface area contributed by atoms with Gasteiger partial charge in [0.15, 0.2) is 0 Å². The number of rotatable bonds is 1. The fraction of sp³-hybridized carbons (Fsp3) is 0.500. The van der Waals surface area contributed by atoms with E-state index in [0.717, 1.165) is 11.3 Å². The average molecular weight is 233 g/mol. The zero-order valence-electron chi connectivity index (χ0n) is 10.8. The van der Waals surface area contributed by atoms with Crippen molar-refractivity contribution in [1.82, 2.24) is 0 Å². The Bertz CT molecular complexity index is 446. The Morgan fingerprint density at radius 1 is 1.41 bits per heavy atom. The van der Waals surface area contributed by atoms with Crippen molar-refractivity contribution in [1.29, 1.82) is 0 Å². The number of carbonyl (C=O) groups excluding carboxylic acids is 1. The van der Waals surface area contributed by atoms with E-state index in [2.05, 4.69) is 5.32 Å². The van der Waals surface area contributed by atoms with Crippen LogP contribution in [-0.4, -0.2) is 18.1 Å². The third-order valence-corrected chi connectivity index (χ3v) is 2.85. The van der Waals surface area contributed by atoms with Gasteiger partial charge in [-0.1, -0.05) is 18.2 Å². The van der Waals surface area contributed by atoms with E-state index < -0.39 is 5.60 Å². The maximum absolute atomic E-state index is 12.1. The van der Waals surface area contributed by atoms with Crippen LogP contribution in [0.1, 0.15) is 37.8 Å². The number of ether oxygens (including phenoxy) is 1. The van der Waals surface area contributed by atoms with Crippen molar-refractivity contribution in [3.63, 3.8) is 0 Å². The quantitative estimate of drug-likeness (QED) is 0.758. The number of para-hydroxylation sites is 1. The monoisotopic (exact) mass is 233 g/mol. The van der Waals surface area contributed by atoms with E-state index in [4.69, 9.17) is 4.74 Å². The highest BCUT2D eigenvalue weighted by Gasteiger charge is 2.32. The molecule has 1 aliphatic rings. The van der Waals surface area contributed by atoms with Crippen LogP contribution in [0.2, 0.25) is 0 Å². The van der Waals surface area contributed by atoms with Crippen LogP contribution in [0.25, 0.3) is 0 Å². The molecule has 3 heteroatoms. The van der Waals surface area contributed by atoms with Gasteiger partial charge in [0.1, 0.15) is 11.5 Å². The number of fused-ring (bicyclic) bond motifs is 1. The molecule has 1 atom stereocenters. The fourth-order valence-electron chi connectivity index (χ4n) is 2.12. The summed E-state index contributed by atoms with van der Waals surface area (Å²) in [5.74, 6) is -0.321. The molecule has 1 heterocycles. The minimum atomic E-state index is -0.427. The summed E-state index contributed by atoms with van der Waals surface area (Å²) in [7, 11) is 0. The van der Waals surface area contributed by atoms with Gasteiger partial charge >= 0.3 is 5.97 Å². The van der Waals surface area contributed by atoms with Crippen LogP contribution in [0.15, 0.2) is 18.2 Å². The molecule has 0 radical (unpaired) electrons. The summed E-state index contributed by atoms with van der Waals surface area (Å²) in [4.78, 5) is 12.1. The highest BCUT2D eigenvalue weighted by molar-refractivity contribution is 5.84. The van der Waals surface area contributed by atoms with Crippen LogP contribution in [0.4, 0.5) is 5.69 Å². The Labute approximate surface area is 102 Å². The normalized spacial score (nSPS) is 18.5. The highest BCUT2D eigenvalue weighted by atomic mass is 16.6. The van der Waals surface area contributed by atoms with Crippen molar-refractivity contribution in [2.75, 3.05) is 11.9 Å². The van der Waals surface area contributed by atoms with Gasteiger partial charge in [-0.2, -0.15) is 0 Å². The van der Waals surface area contributed by atoms with E-state index >= 15 is 0 Å². The zero-order valence-corrected chi connectivity index (χ0v) is 10.8. The largest absolute Gasteiger partial charge is 0.459 e. The number of hydrogen-bond donors (Lipinski definition) is 1. The molecule has 0 amide bonds. The number of anilines is 1. The minimum absolute atomic E-state index is 0.144. The Morgan fingerprint density at radius 2 is 2.12 bits per heavy atom. The van der Waals surface area contributed by atoms with E-state index in [1.165, 1.54) is 5.56 Å². The van der Waals surface area contributed by atoms with Gasteiger partial charge in [-0.25, -0.2) is 0 Å². The summed E-state index contributed by atoms with van der Waals surface area (Å²) >= 11 is 0. The summed E-state index contributed by atoms with van der Waals surface area (Å²) in [5, 5.41) is 3.28. The third kappa shape index (κ3) is 2.43. The third-order valence-electron chi connectivity index (χ3n) is 2.85. The van der Waals surface area contributed by atoms with Gasteiger partial charge in [0.2, 0.25) is 0 Å². The smallest absolute Gasteiger partial charge is 0.315 e. The molecule has 1 aromatic carbocycles.